The molecule has 6 heteroatoms. The second-order valence-electron chi connectivity index (χ2n) is 5.27. The van der Waals surface area contributed by atoms with Gasteiger partial charge in [-0.25, -0.2) is 0 Å². The fraction of sp³-hybridized carbons (Fsp3) is 0.500. The summed E-state index contributed by atoms with van der Waals surface area (Å²) in [6, 6.07) is 6.68. The third-order valence-electron chi connectivity index (χ3n) is 3.76. The van der Waals surface area contributed by atoms with E-state index in [-0.39, 0.29) is 5.69 Å². The molecule has 0 aliphatic heterocycles. The van der Waals surface area contributed by atoms with Crippen molar-refractivity contribution in [3.8, 4) is 0 Å². The Labute approximate surface area is 123 Å². The standard InChI is InChI=1S/C14H19N3O2S/c1-10-4-2-3-5-13(10)16-14(20)15-11-6-8-12(9-7-11)17(18)19/h6-10,13H,2-5H2,1H3,(H2,15,16,20)/t10-,13-/m1/s1. The summed E-state index contributed by atoms with van der Waals surface area (Å²) >= 11 is 5.30. The van der Waals surface area contributed by atoms with Crippen LogP contribution in [0.4, 0.5) is 11.4 Å². The molecule has 0 amide bonds. The molecular formula is C14H19N3O2S. The number of non-ortho nitro benzene ring substituents is 1. The molecule has 1 aromatic rings. The molecule has 0 aromatic heterocycles. The van der Waals surface area contributed by atoms with Crippen LogP contribution in [0.1, 0.15) is 32.6 Å². The van der Waals surface area contributed by atoms with Crippen molar-refractivity contribution in [1.82, 2.24) is 5.32 Å². The monoisotopic (exact) mass is 293 g/mol. The summed E-state index contributed by atoms with van der Waals surface area (Å²) in [6.45, 7) is 2.24. The first-order valence-corrected chi connectivity index (χ1v) is 7.29. The molecule has 108 valence electrons. The van der Waals surface area contributed by atoms with Crippen molar-refractivity contribution in [1.29, 1.82) is 0 Å². The number of nitrogens with one attached hydrogen (secondary N) is 2. The summed E-state index contributed by atoms with van der Waals surface area (Å²) in [6.07, 6.45) is 4.91. The van der Waals surface area contributed by atoms with Gasteiger partial charge in [0.05, 0.1) is 4.92 Å². The van der Waals surface area contributed by atoms with Gasteiger partial charge in [0.1, 0.15) is 0 Å². The van der Waals surface area contributed by atoms with Gasteiger partial charge in [0.2, 0.25) is 0 Å². The van der Waals surface area contributed by atoms with Crippen molar-refractivity contribution in [2.24, 2.45) is 5.92 Å². The average Bonchev–Trinajstić information content (AvgIpc) is 2.42. The van der Waals surface area contributed by atoms with Gasteiger partial charge in [0.25, 0.3) is 5.69 Å². The second-order valence-corrected chi connectivity index (χ2v) is 5.68. The fourth-order valence-corrected chi connectivity index (χ4v) is 2.80. The Hall–Kier alpha value is -1.69. The minimum Gasteiger partial charge on any atom is -0.359 e. The smallest absolute Gasteiger partial charge is 0.269 e. The molecule has 0 bridgehead atoms. The highest BCUT2D eigenvalue weighted by Crippen LogP contribution is 2.24. The molecular weight excluding hydrogens is 274 g/mol. The molecule has 0 unspecified atom stereocenters. The highest BCUT2D eigenvalue weighted by atomic mass is 32.1. The SMILES string of the molecule is C[C@@H]1CCCC[C@H]1NC(=S)Nc1ccc([N+](=O)[O-])cc1. The lowest BCUT2D eigenvalue weighted by atomic mass is 9.86. The molecule has 0 spiro atoms. The molecule has 5 nitrogen and oxygen atoms in total. The first kappa shape index (κ1) is 14.7. The lowest BCUT2D eigenvalue weighted by Gasteiger charge is -2.30. The normalized spacial score (nSPS) is 22.1. The molecule has 1 aliphatic carbocycles. The summed E-state index contributed by atoms with van der Waals surface area (Å²) in [5.41, 5.74) is 0.840. The van der Waals surface area contributed by atoms with E-state index in [4.69, 9.17) is 12.2 Å². The Balaban J connectivity index is 1.89. The van der Waals surface area contributed by atoms with Crippen molar-refractivity contribution in [2.45, 2.75) is 38.6 Å². The number of hydrogen-bond donors (Lipinski definition) is 2. The van der Waals surface area contributed by atoms with Crippen LogP contribution < -0.4 is 10.6 Å². The van der Waals surface area contributed by atoms with E-state index in [1.54, 1.807) is 12.1 Å². The molecule has 1 fully saturated rings. The van der Waals surface area contributed by atoms with Gasteiger partial charge in [-0.1, -0.05) is 19.8 Å². The van der Waals surface area contributed by atoms with Gasteiger partial charge in [-0.05, 0) is 43.1 Å². The summed E-state index contributed by atoms with van der Waals surface area (Å²) in [5, 5.41) is 17.6. The highest BCUT2D eigenvalue weighted by molar-refractivity contribution is 7.80. The van der Waals surface area contributed by atoms with Crippen LogP contribution in [0.3, 0.4) is 0 Å². The molecule has 1 aliphatic rings. The lowest BCUT2D eigenvalue weighted by molar-refractivity contribution is -0.384. The quantitative estimate of drug-likeness (QED) is 0.507. The summed E-state index contributed by atoms with van der Waals surface area (Å²) in [4.78, 5) is 10.2. The zero-order valence-electron chi connectivity index (χ0n) is 11.5. The van der Waals surface area contributed by atoms with Gasteiger partial charge in [0, 0.05) is 23.9 Å². The number of nitrogens with zero attached hydrogens (tertiary/aromatic N) is 1. The minimum atomic E-state index is -0.413. The number of benzene rings is 1. The number of nitro benzene ring substituents is 1. The number of thiocarbonyl (C=S) groups is 1. The van der Waals surface area contributed by atoms with E-state index in [2.05, 4.69) is 17.6 Å². The van der Waals surface area contributed by atoms with Crippen LogP contribution >= 0.6 is 12.2 Å². The Kier molecular flexibility index (Phi) is 4.89. The van der Waals surface area contributed by atoms with Crippen LogP contribution in [-0.2, 0) is 0 Å². The predicted molar refractivity (Wildman–Crippen MR) is 83.9 cm³/mol. The largest absolute Gasteiger partial charge is 0.359 e. The topological polar surface area (TPSA) is 67.2 Å². The Morgan fingerprint density at radius 1 is 1.30 bits per heavy atom. The van der Waals surface area contributed by atoms with Crippen LogP contribution in [0.25, 0.3) is 0 Å². The van der Waals surface area contributed by atoms with Gasteiger partial charge in [-0.2, -0.15) is 0 Å². The number of anilines is 1. The molecule has 2 N–H and O–H groups in total. The van der Waals surface area contributed by atoms with Crippen molar-refractivity contribution < 1.29 is 4.92 Å². The van der Waals surface area contributed by atoms with E-state index >= 15 is 0 Å². The van der Waals surface area contributed by atoms with Crippen molar-refractivity contribution in [3.63, 3.8) is 0 Å². The average molecular weight is 293 g/mol. The predicted octanol–water partition coefficient (Wildman–Crippen LogP) is 3.46. The number of hydrogen-bond acceptors (Lipinski definition) is 3. The summed E-state index contributed by atoms with van der Waals surface area (Å²) < 4.78 is 0. The van der Waals surface area contributed by atoms with Crippen molar-refractivity contribution in [2.75, 3.05) is 5.32 Å². The molecule has 20 heavy (non-hydrogen) atoms. The van der Waals surface area contributed by atoms with Crippen molar-refractivity contribution >= 4 is 28.7 Å². The second kappa shape index (κ2) is 6.65. The van der Waals surface area contributed by atoms with E-state index < -0.39 is 4.92 Å². The Morgan fingerprint density at radius 3 is 2.55 bits per heavy atom. The van der Waals surface area contributed by atoms with Gasteiger partial charge >= 0.3 is 0 Å². The van der Waals surface area contributed by atoms with Gasteiger partial charge < -0.3 is 10.6 Å². The van der Waals surface area contributed by atoms with E-state index in [1.807, 2.05) is 0 Å². The first-order chi connectivity index (χ1) is 9.56. The Morgan fingerprint density at radius 2 is 1.95 bits per heavy atom. The summed E-state index contributed by atoms with van der Waals surface area (Å²) in [5.74, 6) is 0.625. The maximum atomic E-state index is 10.6. The molecule has 1 saturated carbocycles. The van der Waals surface area contributed by atoms with Crippen LogP contribution in [0.5, 0.6) is 0 Å². The third kappa shape index (κ3) is 3.90. The molecule has 2 rings (SSSR count). The van der Waals surface area contributed by atoms with Crippen LogP contribution in [0.15, 0.2) is 24.3 Å². The van der Waals surface area contributed by atoms with E-state index in [9.17, 15) is 10.1 Å². The molecule has 0 heterocycles. The van der Waals surface area contributed by atoms with Crippen molar-refractivity contribution in [3.05, 3.63) is 34.4 Å². The van der Waals surface area contributed by atoms with Crippen LogP contribution in [-0.4, -0.2) is 16.1 Å². The van der Waals surface area contributed by atoms with E-state index in [0.717, 1.165) is 12.1 Å². The number of rotatable bonds is 3. The Bertz CT molecular complexity index is 490. The first-order valence-electron chi connectivity index (χ1n) is 6.88. The highest BCUT2D eigenvalue weighted by Gasteiger charge is 2.21. The van der Waals surface area contributed by atoms with E-state index in [0.29, 0.717) is 17.1 Å². The van der Waals surface area contributed by atoms with Crippen LogP contribution in [0.2, 0.25) is 0 Å². The third-order valence-corrected chi connectivity index (χ3v) is 3.98. The minimum absolute atomic E-state index is 0.0790. The van der Waals surface area contributed by atoms with Crippen LogP contribution in [0, 0.1) is 16.0 Å². The van der Waals surface area contributed by atoms with Gasteiger partial charge in [-0.3, -0.25) is 10.1 Å². The zero-order valence-corrected chi connectivity index (χ0v) is 12.3. The molecule has 1 aromatic carbocycles. The molecule has 2 atom stereocenters. The maximum Gasteiger partial charge on any atom is 0.269 e. The van der Waals surface area contributed by atoms with Gasteiger partial charge in [0.15, 0.2) is 5.11 Å². The molecule has 0 saturated heterocycles. The lowest BCUT2D eigenvalue weighted by Crippen LogP contribution is -2.43. The maximum absolute atomic E-state index is 10.6. The van der Waals surface area contributed by atoms with E-state index in [1.165, 1.54) is 31.4 Å². The summed E-state index contributed by atoms with van der Waals surface area (Å²) in [7, 11) is 0. The molecule has 0 radical (unpaired) electrons. The number of nitro groups is 1. The van der Waals surface area contributed by atoms with Gasteiger partial charge in [-0.15, -0.1) is 0 Å². The fourth-order valence-electron chi connectivity index (χ4n) is 2.53. The zero-order chi connectivity index (χ0) is 14.5.